The molecule has 29 heavy (non-hydrogen) atoms. The number of aliphatic carboxylic acids is 1. The van der Waals surface area contributed by atoms with Crippen LogP contribution >= 0.6 is 0 Å². The van der Waals surface area contributed by atoms with Crippen molar-refractivity contribution in [3.8, 4) is 0 Å². The summed E-state index contributed by atoms with van der Waals surface area (Å²) in [6.07, 6.45) is 0. The number of carboxylic acid groups (broad SMARTS) is 1. The zero-order chi connectivity index (χ0) is 20.5. The maximum atomic E-state index is 12.9. The topological polar surface area (TPSA) is 94.8 Å². The van der Waals surface area contributed by atoms with Crippen molar-refractivity contribution < 1.29 is 14.7 Å². The van der Waals surface area contributed by atoms with Gasteiger partial charge in [-0.3, -0.25) is 14.5 Å². The molecule has 1 saturated heterocycles. The molecule has 1 aromatic carbocycles. The van der Waals surface area contributed by atoms with Crippen molar-refractivity contribution in [3.63, 3.8) is 0 Å². The molecule has 3 heterocycles. The van der Waals surface area contributed by atoms with Gasteiger partial charge in [-0.05, 0) is 31.5 Å². The number of carbonyl (C=O) groups excluding carboxylic acids is 1. The molecular formula is C20H26N6O3. The SMILES string of the molecule is Cc1cccc(N2CCN(C(=O)CN3Cc4nnc(C)n4CC3C(=O)O)CC2)c1. The van der Waals surface area contributed by atoms with Gasteiger partial charge in [0.1, 0.15) is 17.7 Å². The molecule has 1 unspecified atom stereocenters. The van der Waals surface area contributed by atoms with E-state index in [9.17, 15) is 14.7 Å². The van der Waals surface area contributed by atoms with Crippen molar-refractivity contribution in [2.45, 2.75) is 33.0 Å². The Morgan fingerprint density at radius 1 is 1.14 bits per heavy atom. The fourth-order valence-corrected chi connectivity index (χ4v) is 4.07. The summed E-state index contributed by atoms with van der Waals surface area (Å²) in [6.45, 7) is 7.34. The lowest BCUT2D eigenvalue weighted by Crippen LogP contribution is -2.55. The van der Waals surface area contributed by atoms with Crippen LogP contribution in [-0.4, -0.2) is 80.3 Å². The Bertz CT molecular complexity index is 919. The van der Waals surface area contributed by atoms with Crippen LogP contribution in [0.3, 0.4) is 0 Å². The van der Waals surface area contributed by atoms with Gasteiger partial charge in [-0.25, -0.2) is 0 Å². The molecule has 0 radical (unpaired) electrons. The highest BCUT2D eigenvalue weighted by atomic mass is 16.4. The molecule has 9 heteroatoms. The van der Waals surface area contributed by atoms with Crippen LogP contribution in [0.25, 0.3) is 0 Å². The Morgan fingerprint density at radius 3 is 2.59 bits per heavy atom. The predicted molar refractivity (Wildman–Crippen MR) is 107 cm³/mol. The molecule has 2 aliphatic heterocycles. The molecule has 1 aromatic heterocycles. The second-order valence-corrected chi connectivity index (χ2v) is 7.74. The van der Waals surface area contributed by atoms with E-state index < -0.39 is 12.0 Å². The van der Waals surface area contributed by atoms with Crippen LogP contribution < -0.4 is 4.90 Å². The molecule has 0 spiro atoms. The number of rotatable bonds is 4. The lowest BCUT2D eigenvalue weighted by Gasteiger charge is -2.38. The quantitative estimate of drug-likeness (QED) is 0.802. The molecule has 1 N–H and O–H groups in total. The van der Waals surface area contributed by atoms with Crippen molar-refractivity contribution in [1.82, 2.24) is 24.6 Å². The number of anilines is 1. The molecule has 9 nitrogen and oxygen atoms in total. The van der Waals surface area contributed by atoms with E-state index in [4.69, 9.17) is 0 Å². The minimum atomic E-state index is -0.930. The van der Waals surface area contributed by atoms with Gasteiger partial charge in [-0.2, -0.15) is 0 Å². The summed E-state index contributed by atoms with van der Waals surface area (Å²) in [5.74, 6) is 0.437. The van der Waals surface area contributed by atoms with Crippen molar-refractivity contribution >= 4 is 17.6 Å². The Morgan fingerprint density at radius 2 is 1.90 bits per heavy atom. The van der Waals surface area contributed by atoms with Gasteiger partial charge in [0.05, 0.1) is 19.6 Å². The highest BCUT2D eigenvalue weighted by molar-refractivity contribution is 5.80. The summed E-state index contributed by atoms with van der Waals surface area (Å²) in [4.78, 5) is 30.4. The summed E-state index contributed by atoms with van der Waals surface area (Å²) < 4.78 is 1.82. The standard InChI is InChI=1S/C20H26N6O3/c1-14-4-3-5-16(10-14)23-6-8-24(9-7-23)19(27)13-25-12-18-22-21-15(2)26(18)11-17(25)20(28)29/h3-5,10,17H,6-9,11-13H2,1-2H3,(H,28,29). The van der Waals surface area contributed by atoms with E-state index in [1.54, 1.807) is 4.90 Å². The minimum Gasteiger partial charge on any atom is -0.480 e. The number of aromatic nitrogens is 3. The van der Waals surface area contributed by atoms with Crippen molar-refractivity contribution in [2.75, 3.05) is 37.6 Å². The van der Waals surface area contributed by atoms with E-state index in [0.717, 1.165) is 13.1 Å². The third-order valence-electron chi connectivity index (χ3n) is 5.78. The third kappa shape index (κ3) is 3.95. The number of amides is 1. The number of benzene rings is 1. The lowest BCUT2D eigenvalue weighted by molar-refractivity contribution is -0.146. The maximum Gasteiger partial charge on any atom is 0.322 e. The first-order valence-electron chi connectivity index (χ1n) is 9.87. The normalized spacial score (nSPS) is 19.9. The van der Waals surface area contributed by atoms with Gasteiger partial charge in [0.15, 0.2) is 0 Å². The van der Waals surface area contributed by atoms with Gasteiger partial charge in [0, 0.05) is 31.9 Å². The number of hydrogen-bond acceptors (Lipinski definition) is 6. The van der Waals surface area contributed by atoms with Crippen molar-refractivity contribution in [1.29, 1.82) is 0 Å². The van der Waals surface area contributed by atoms with Gasteiger partial charge in [-0.1, -0.05) is 12.1 Å². The van der Waals surface area contributed by atoms with Crippen LogP contribution in [-0.2, 0) is 22.7 Å². The van der Waals surface area contributed by atoms with Gasteiger partial charge in [-0.15, -0.1) is 10.2 Å². The molecule has 0 saturated carbocycles. The van der Waals surface area contributed by atoms with Crippen LogP contribution in [0.4, 0.5) is 5.69 Å². The number of piperazine rings is 1. The fourth-order valence-electron chi connectivity index (χ4n) is 4.07. The number of carboxylic acids is 1. The van der Waals surface area contributed by atoms with Crippen molar-refractivity contribution in [2.24, 2.45) is 0 Å². The zero-order valence-corrected chi connectivity index (χ0v) is 16.8. The lowest BCUT2D eigenvalue weighted by atomic mass is 10.1. The second-order valence-electron chi connectivity index (χ2n) is 7.74. The molecule has 2 aliphatic rings. The van der Waals surface area contributed by atoms with Gasteiger partial charge >= 0.3 is 5.97 Å². The molecule has 154 valence electrons. The minimum absolute atomic E-state index is 0.0372. The molecule has 1 amide bonds. The second kappa shape index (κ2) is 7.82. The first kappa shape index (κ1) is 19.4. The van der Waals surface area contributed by atoms with E-state index in [2.05, 4.69) is 40.2 Å². The Kier molecular flexibility index (Phi) is 5.23. The largest absolute Gasteiger partial charge is 0.480 e. The number of fused-ring (bicyclic) bond motifs is 1. The maximum absolute atomic E-state index is 12.9. The highest BCUT2D eigenvalue weighted by Gasteiger charge is 2.35. The predicted octanol–water partition coefficient (Wildman–Crippen LogP) is 0.513. The van der Waals surface area contributed by atoms with Crippen LogP contribution in [0.1, 0.15) is 17.2 Å². The Hall–Kier alpha value is -2.94. The summed E-state index contributed by atoms with van der Waals surface area (Å²) >= 11 is 0. The smallest absolute Gasteiger partial charge is 0.322 e. The first-order chi connectivity index (χ1) is 13.9. The molecule has 0 aliphatic carbocycles. The van der Waals surface area contributed by atoms with Gasteiger partial charge in [0.2, 0.25) is 5.91 Å². The van der Waals surface area contributed by atoms with E-state index >= 15 is 0 Å². The van der Waals surface area contributed by atoms with Gasteiger partial charge < -0.3 is 19.5 Å². The summed E-state index contributed by atoms with van der Waals surface area (Å²) in [7, 11) is 0. The number of aryl methyl sites for hydroxylation is 2. The molecule has 0 bridgehead atoms. The molecule has 1 atom stereocenters. The highest BCUT2D eigenvalue weighted by Crippen LogP contribution is 2.20. The van der Waals surface area contributed by atoms with Crippen LogP contribution in [0.5, 0.6) is 0 Å². The number of nitrogens with zero attached hydrogens (tertiary/aromatic N) is 6. The van der Waals surface area contributed by atoms with E-state index in [1.807, 2.05) is 22.5 Å². The molecular weight excluding hydrogens is 372 g/mol. The van der Waals surface area contributed by atoms with Crippen molar-refractivity contribution in [3.05, 3.63) is 41.5 Å². The average Bonchev–Trinajstić information content (AvgIpc) is 3.07. The number of hydrogen-bond donors (Lipinski definition) is 1. The molecule has 2 aromatic rings. The number of carbonyl (C=O) groups is 2. The van der Waals surface area contributed by atoms with Crippen LogP contribution in [0.2, 0.25) is 0 Å². The first-order valence-corrected chi connectivity index (χ1v) is 9.87. The van der Waals surface area contributed by atoms with Crippen LogP contribution in [0.15, 0.2) is 24.3 Å². The average molecular weight is 398 g/mol. The monoisotopic (exact) mass is 398 g/mol. The van der Waals surface area contributed by atoms with Gasteiger partial charge in [0.25, 0.3) is 0 Å². The summed E-state index contributed by atoms with van der Waals surface area (Å²) in [5.41, 5.74) is 2.39. The van der Waals surface area contributed by atoms with E-state index in [1.165, 1.54) is 11.3 Å². The zero-order valence-electron chi connectivity index (χ0n) is 16.8. The fraction of sp³-hybridized carbons (Fsp3) is 0.500. The van der Waals surface area contributed by atoms with E-state index in [-0.39, 0.29) is 19.0 Å². The third-order valence-corrected chi connectivity index (χ3v) is 5.78. The van der Waals surface area contributed by atoms with E-state index in [0.29, 0.717) is 31.3 Å². The molecule has 1 fully saturated rings. The summed E-state index contributed by atoms with van der Waals surface area (Å²) in [6, 6.07) is 7.61. The summed E-state index contributed by atoms with van der Waals surface area (Å²) in [5, 5.41) is 17.8. The Labute approximate surface area is 169 Å². The Balaban J connectivity index is 1.38. The van der Waals surface area contributed by atoms with Crippen LogP contribution in [0, 0.1) is 13.8 Å². The molecule has 4 rings (SSSR count).